The molecule has 118 valence electrons. The van der Waals surface area contributed by atoms with E-state index >= 15 is 0 Å². The summed E-state index contributed by atoms with van der Waals surface area (Å²) in [6, 6.07) is 12.9. The molecule has 2 aromatic rings. The summed E-state index contributed by atoms with van der Waals surface area (Å²) >= 11 is 0. The Balaban J connectivity index is 1.73. The van der Waals surface area contributed by atoms with Gasteiger partial charge in [0.15, 0.2) is 0 Å². The van der Waals surface area contributed by atoms with E-state index in [0.717, 1.165) is 30.0 Å². The quantitative estimate of drug-likeness (QED) is 0.910. The number of aliphatic hydroxyl groups excluding tert-OH is 1. The van der Waals surface area contributed by atoms with Crippen LogP contribution < -0.4 is 4.72 Å². The maximum atomic E-state index is 12.4. The fourth-order valence-corrected chi connectivity index (χ4v) is 4.24. The molecule has 0 amide bonds. The van der Waals surface area contributed by atoms with Gasteiger partial charge < -0.3 is 5.11 Å². The summed E-state index contributed by atoms with van der Waals surface area (Å²) in [5.41, 5.74) is 0. The van der Waals surface area contributed by atoms with Crippen LogP contribution in [-0.4, -0.2) is 26.2 Å². The minimum Gasteiger partial charge on any atom is -0.393 e. The maximum absolute atomic E-state index is 12.4. The van der Waals surface area contributed by atoms with Crippen molar-refractivity contribution in [1.29, 1.82) is 0 Å². The molecule has 0 aromatic heterocycles. The second-order valence-corrected chi connectivity index (χ2v) is 7.81. The van der Waals surface area contributed by atoms with Crippen molar-refractivity contribution in [3.8, 4) is 0 Å². The summed E-state index contributed by atoms with van der Waals surface area (Å²) in [4.78, 5) is 0.294. The topological polar surface area (TPSA) is 66.4 Å². The van der Waals surface area contributed by atoms with Gasteiger partial charge in [-0.15, -0.1) is 0 Å². The van der Waals surface area contributed by atoms with Gasteiger partial charge in [-0.25, -0.2) is 13.1 Å². The number of nitrogens with one attached hydrogen (secondary N) is 1. The molecule has 0 radical (unpaired) electrons. The van der Waals surface area contributed by atoms with Crippen molar-refractivity contribution in [2.24, 2.45) is 5.92 Å². The molecule has 1 saturated carbocycles. The number of fused-ring (bicyclic) bond motifs is 1. The zero-order valence-electron chi connectivity index (χ0n) is 12.4. The van der Waals surface area contributed by atoms with Gasteiger partial charge in [0.1, 0.15) is 0 Å². The minimum absolute atomic E-state index is 0.221. The fraction of sp³-hybridized carbons (Fsp3) is 0.412. The first-order valence-corrected chi connectivity index (χ1v) is 9.19. The molecule has 0 spiro atoms. The van der Waals surface area contributed by atoms with Gasteiger partial charge in [-0.05, 0) is 48.1 Å². The van der Waals surface area contributed by atoms with Crippen molar-refractivity contribution in [3.05, 3.63) is 42.5 Å². The zero-order chi connectivity index (χ0) is 15.6. The molecule has 2 atom stereocenters. The van der Waals surface area contributed by atoms with E-state index in [-0.39, 0.29) is 12.0 Å². The Bertz CT molecular complexity index is 757. The lowest BCUT2D eigenvalue weighted by molar-refractivity contribution is 0.102. The minimum atomic E-state index is -3.50. The van der Waals surface area contributed by atoms with Gasteiger partial charge in [-0.2, -0.15) is 0 Å². The first-order chi connectivity index (χ1) is 10.5. The number of rotatable bonds is 4. The van der Waals surface area contributed by atoms with E-state index in [1.165, 1.54) is 0 Å². The van der Waals surface area contributed by atoms with Gasteiger partial charge in [0.2, 0.25) is 10.0 Å². The third kappa shape index (κ3) is 3.48. The Morgan fingerprint density at radius 3 is 2.64 bits per heavy atom. The highest BCUT2D eigenvalue weighted by atomic mass is 32.2. The Morgan fingerprint density at radius 2 is 1.86 bits per heavy atom. The lowest BCUT2D eigenvalue weighted by Crippen LogP contribution is -2.33. The molecule has 1 fully saturated rings. The van der Waals surface area contributed by atoms with Crippen LogP contribution in [-0.2, 0) is 10.0 Å². The van der Waals surface area contributed by atoms with Crippen LogP contribution in [0.25, 0.3) is 10.8 Å². The van der Waals surface area contributed by atoms with E-state index < -0.39 is 10.0 Å². The number of hydrogen-bond donors (Lipinski definition) is 2. The first kappa shape index (κ1) is 15.5. The summed E-state index contributed by atoms with van der Waals surface area (Å²) in [5, 5.41) is 11.6. The monoisotopic (exact) mass is 319 g/mol. The highest BCUT2D eigenvalue weighted by Gasteiger charge is 2.22. The van der Waals surface area contributed by atoms with Gasteiger partial charge in [0, 0.05) is 6.54 Å². The molecular formula is C17H21NO3S. The Labute approximate surface area is 131 Å². The van der Waals surface area contributed by atoms with Crippen LogP contribution in [0.4, 0.5) is 0 Å². The number of aliphatic hydroxyl groups is 1. The average molecular weight is 319 g/mol. The smallest absolute Gasteiger partial charge is 0.240 e. The van der Waals surface area contributed by atoms with Crippen LogP contribution in [0.3, 0.4) is 0 Å². The Morgan fingerprint density at radius 1 is 1.09 bits per heavy atom. The van der Waals surface area contributed by atoms with Gasteiger partial charge in [-0.1, -0.05) is 36.8 Å². The van der Waals surface area contributed by atoms with Crippen molar-refractivity contribution in [3.63, 3.8) is 0 Å². The molecule has 1 aliphatic carbocycles. The summed E-state index contributed by atoms with van der Waals surface area (Å²) in [6.45, 7) is 0.395. The highest BCUT2D eigenvalue weighted by molar-refractivity contribution is 7.89. The molecule has 2 N–H and O–H groups in total. The average Bonchev–Trinajstić information content (AvgIpc) is 2.53. The van der Waals surface area contributed by atoms with Crippen molar-refractivity contribution in [2.45, 2.75) is 36.7 Å². The van der Waals surface area contributed by atoms with Crippen LogP contribution in [0.2, 0.25) is 0 Å². The molecule has 4 nitrogen and oxygen atoms in total. The van der Waals surface area contributed by atoms with Crippen LogP contribution in [0, 0.1) is 5.92 Å². The number of sulfonamides is 1. The first-order valence-electron chi connectivity index (χ1n) is 7.71. The number of hydrogen-bond acceptors (Lipinski definition) is 3. The van der Waals surface area contributed by atoms with Crippen LogP contribution in [0.15, 0.2) is 47.4 Å². The summed E-state index contributed by atoms with van der Waals surface area (Å²) in [7, 11) is -3.50. The molecule has 22 heavy (non-hydrogen) atoms. The molecule has 0 saturated heterocycles. The molecule has 0 heterocycles. The number of benzene rings is 2. The van der Waals surface area contributed by atoms with Gasteiger partial charge in [-0.3, -0.25) is 0 Å². The van der Waals surface area contributed by atoms with Crippen LogP contribution in [0.1, 0.15) is 25.7 Å². The molecule has 2 aromatic carbocycles. The summed E-state index contributed by atoms with van der Waals surface area (Å²) in [5.74, 6) is 0.221. The predicted molar refractivity (Wildman–Crippen MR) is 87.1 cm³/mol. The standard InChI is InChI=1S/C17H21NO3S/c19-16-7-3-4-13(10-16)12-18-22(20,21)17-9-8-14-5-1-2-6-15(14)11-17/h1-2,5-6,8-9,11,13,16,18-19H,3-4,7,10,12H2/t13-,16+/m1/s1. The van der Waals surface area contributed by atoms with Gasteiger partial charge in [0.05, 0.1) is 11.0 Å². The molecule has 0 aliphatic heterocycles. The highest BCUT2D eigenvalue weighted by Crippen LogP contribution is 2.24. The normalized spacial score (nSPS) is 22.8. The lowest BCUT2D eigenvalue weighted by atomic mass is 9.87. The molecular weight excluding hydrogens is 298 g/mol. The molecule has 5 heteroatoms. The summed E-state index contributed by atoms with van der Waals surface area (Å²) in [6.07, 6.45) is 3.15. The molecule has 3 rings (SSSR count). The van der Waals surface area contributed by atoms with E-state index in [4.69, 9.17) is 0 Å². The SMILES string of the molecule is O=S(=O)(NC[C@@H]1CCC[C@H](O)C1)c1ccc2ccccc2c1. The second kappa shape index (κ2) is 6.36. The van der Waals surface area contributed by atoms with E-state index in [0.29, 0.717) is 17.9 Å². The maximum Gasteiger partial charge on any atom is 0.240 e. The fourth-order valence-electron chi connectivity index (χ4n) is 3.09. The van der Waals surface area contributed by atoms with Crippen molar-refractivity contribution in [2.75, 3.05) is 6.54 Å². The van der Waals surface area contributed by atoms with Crippen molar-refractivity contribution in [1.82, 2.24) is 4.72 Å². The summed E-state index contributed by atoms with van der Waals surface area (Å²) < 4.78 is 27.5. The van der Waals surface area contributed by atoms with E-state index in [1.54, 1.807) is 12.1 Å². The van der Waals surface area contributed by atoms with Gasteiger partial charge >= 0.3 is 0 Å². The predicted octanol–water partition coefficient (Wildman–Crippen LogP) is 2.67. The van der Waals surface area contributed by atoms with E-state index in [9.17, 15) is 13.5 Å². The Kier molecular flexibility index (Phi) is 4.47. The third-order valence-corrected chi connectivity index (χ3v) is 5.77. The van der Waals surface area contributed by atoms with Crippen LogP contribution in [0.5, 0.6) is 0 Å². The lowest BCUT2D eigenvalue weighted by Gasteiger charge is -2.25. The molecule has 0 bridgehead atoms. The largest absolute Gasteiger partial charge is 0.393 e. The van der Waals surface area contributed by atoms with E-state index in [2.05, 4.69) is 4.72 Å². The zero-order valence-corrected chi connectivity index (χ0v) is 13.2. The van der Waals surface area contributed by atoms with E-state index in [1.807, 2.05) is 30.3 Å². The molecule has 0 unspecified atom stereocenters. The van der Waals surface area contributed by atoms with Gasteiger partial charge in [0.25, 0.3) is 0 Å². The van der Waals surface area contributed by atoms with Crippen LogP contribution >= 0.6 is 0 Å². The second-order valence-electron chi connectivity index (χ2n) is 6.05. The van der Waals surface area contributed by atoms with Crippen molar-refractivity contribution >= 4 is 20.8 Å². The molecule has 1 aliphatic rings. The van der Waals surface area contributed by atoms with Crippen molar-refractivity contribution < 1.29 is 13.5 Å². The third-order valence-electron chi connectivity index (χ3n) is 4.35. The Hall–Kier alpha value is -1.43.